The Hall–Kier alpha value is -2.98. The molecule has 3 aromatic rings. The number of hydrogen-bond donors (Lipinski definition) is 1. The normalized spacial score (nSPS) is 13.1. The summed E-state index contributed by atoms with van der Waals surface area (Å²) in [7, 11) is 0. The number of esters is 1. The van der Waals surface area contributed by atoms with Gasteiger partial charge in [-0.15, -0.1) is 10.2 Å². The molecule has 0 saturated heterocycles. The van der Waals surface area contributed by atoms with Crippen molar-refractivity contribution < 1.29 is 18.7 Å². The number of hydrogen-bond acceptors (Lipinski definition) is 9. The first-order valence-electron chi connectivity index (χ1n) is 9.57. The number of thioether (sulfide) groups is 1. The lowest BCUT2D eigenvalue weighted by Gasteiger charge is -2.06. The summed E-state index contributed by atoms with van der Waals surface area (Å²) in [4.78, 5) is 36.4. The SMILES string of the molecule is Cc1cc(C)cc(C(=O)Oc2coc(CSc3nnc(NC(=O)C4CC4)s3)cc2=O)c1. The molecule has 1 amide bonds. The molecule has 10 heteroatoms. The van der Waals surface area contributed by atoms with Crippen LogP contribution in [0.2, 0.25) is 0 Å². The van der Waals surface area contributed by atoms with E-state index in [1.165, 1.54) is 29.2 Å². The third-order valence-electron chi connectivity index (χ3n) is 4.43. The Morgan fingerprint density at radius 2 is 1.94 bits per heavy atom. The zero-order valence-electron chi connectivity index (χ0n) is 16.8. The van der Waals surface area contributed by atoms with Gasteiger partial charge < -0.3 is 14.5 Å². The molecule has 0 aliphatic heterocycles. The number of carbonyl (C=O) groups excluding carboxylic acids is 2. The summed E-state index contributed by atoms with van der Waals surface area (Å²) in [6.45, 7) is 3.76. The summed E-state index contributed by atoms with van der Waals surface area (Å²) in [6.07, 6.45) is 2.97. The Morgan fingerprint density at radius 1 is 1.19 bits per heavy atom. The highest BCUT2D eigenvalue weighted by molar-refractivity contribution is 8.00. The summed E-state index contributed by atoms with van der Waals surface area (Å²) < 4.78 is 11.3. The van der Waals surface area contributed by atoms with Crippen molar-refractivity contribution in [3.05, 3.63) is 63.2 Å². The van der Waals surface area contributed by atoms with Crippen LogP contribution >= 0.6 is 23.1 Å². The summed E-state index contributed by atoms with van der Waals surface area (Å²) in [5.74, 6) is 0.0300. The Balaban J connectivity index is 1.35. The largest absolute Gasteiger partial charge is 0.464 e. The maximum atomic E-state index is 12.3. The predicted molar refractivity (Wildman–Crippen MR) is 117 cm³/mol. The predicted octanol–water partition coefficient (Wildman–Crippen LogP) is 3.97. The maximum absolute atomic E-state index is 12.3. The first-order valence-corrected chi connectivity index (χ1v) is 11.4. The van der Waals surface area contributed by atoms with E-state index >= 15 is 0 Å². The van der Waals surface area contributed by atoms with E-state index in [9.17, 15) is 14.4 Å². The molecule has 8 nitrogen and oxygen atoms in total. The van der Waals surface area contributed by atoms with Gasteiger partial charge in [0.25, 0.3) is 0 Å². The number of rotatable bonds is 7. The van der Waals surface area contributed by atoms with Crippen molar-refractivity contribution in [2.45, 2.75) is 36.8 Å². The van der Waals surface area contributed by atoms with Crippen molar-refractivity contribution in [2.75, 3.05) is 5.32 Å². The second-order valence-electron chi connectivity index (χ2n) is 7.27. The lowest BCUT2D eigenvalue weighted by Crippen LogP contribution is -2.15. The highest BCUT2D eigenvalue weighted by Gasteiger charge is 2.30. The first-order chi connectivity index (χ1) is 14.9. The van der Waals surface area contributed by atoms with Gasteiger partial charge in [-0.05, 0) is 38.8 Å². The van der Waals surface area contributed by atoms with Gasteiger partial charge in [-0.25, -0.2) is 4.79 Å². The molecule has 0 bridgehead atoms. The highest BCUT2D eigenvalue weighted by Crippen LogP contribution is 2.32. The Kier molecular flexibility index (Phi) is 6.19. The Morgan fingerprint density at radius 3 is 2.61 bits per heavy atom. The molecule has 1 aliphatic carbocycles. The molecule has 2 aromatic heterocycles. The number of nitrogens with one attached hydrogen (secondary N) is 1. The standard InChI is InChI=1S/C21H19N3O5S2/c1-11-5-12(2)7-14(6-11)19(27)29-17-9-28-15(8-16(17)25)10-30-21-24-23-20(31-21)22-18(26)13-3-4-13/h5-9,13H,3-4,10H2,1-2H3,(H,22,23,26). The van der Waals surface area contributed by atoms with Crippen LogP contribution in [0.25, 0.3) is 0 Å². The van der Waals surface area contributed by atoms with Crippen molar-refractivity contribution in [3.8, 4) is 5.75 Å². The van der Waals surface area contributed by atoms with Crippen molar-refractivity contribution in [1.29, 1.82) is 0 Å². The van der Waals surface area contributed by atoms with Gasteiger partial charge in [0, 0.05) is 12.0 Å². The van der Waals surface area contributed by atoms with E-state index in [2.05, 4.69) is 15.5 Å². The summed E-state index contributed by atoms with van der Waals surface area (Å²) in [6, 6.07) is 6.63. The minimum Gasteiger partial charge on any atom is -0.464 e. The third kappa shape index (κ3) is 5.59. The van der Waals surface area contributed by atoms with E-state index < -0.39 is 11.4 Å². The van der Waals surface area contributed by atoms with Crippen molar-refractivity contribution in [3.63, 3.8) is 0 Å². The molecule has 0 unspecified atom stereocenters. The number of nitrogens with zero attached hydrogens (tertiary/aromatic N) is 2. The van der Waals surface area contributed by atoms with E-state index in [1.54, 1.807) is 12.1 Å². The van der Waals surface area contributed by atoms with Crippen LogP contribution in [0.15, 0.2) is 44.1 Å². The second kappa shape index (κ2) is 9.03. The van der Waals surface area contributed by atoms with Crippen LogP contribution in [0.5, 0.6) is 5.75 Å². The van der Waals surface area contributed by atoms with Gasteiger partial charge in [-0.2, -0.15) is 0 Å². The average molecular weight is 458 g/mol. The molecule has 1 aromatic carbocycles. The number of carbonyl (C=O) groups is 2. The number of aromatic nitrogens is 2. The number of benzene rings is 1. The van der Waals surface area contributed by atoms with Crippen LogP contribution < -0.4 is 15.5 Å². The van der Waals surface area contributed by atoms with E-state index in [0.717, 1.165) is 30.2 Å². The summed E-state index contributed by atoms with van der Waals surface area (Å²) in [5, 5.41) is 11.2. The Labute approximate surface area is 186 Å². The summed E-state index contributed by atoms with van der Waals surface area (Å²) >= 11 is 2.59. The van der Waals surface area contributed by atoms with E-state index in [4.69, 9.17) is 9.15 Å². The number of anilines is 1. The molecule has 0 radical (unpaired) electrons. The van der Waals surface area contributed by atoms with Gasteiger partial charge in [0.2, 0.25) is 22.2 Å². The van der Waals surface area contributed by atoms with Gasteiger partial charge in [0.05, 0.1) is 11.3 Å². The summed E-state index contributed by atoms with van der Waals surface area (Å²) in [5.41, 5.74) is 1.78. The molecular weight excluding hydrogens is 438 g/mol. The molecule has 4 rings (SSSR count). The molecule has 160 valence electrons. The smallest absolute Gasteiger partial charge is 0.343 e. The van der Waals surface area contributed by atoms with Crippen LogP contribution in [-0.2, 0) is 10.5 Å². The van der Waals surface area contributed by atoms with Crippen LogP contribution in [0, 0.1) is 19.8 Å². The van der Waals surface area contributed by atoms with Gasteiger partial charge in [-0.1, -0.05) is 40.3 Å². The van der Waals surface area contributed by atoms with Gasteiger partial charge >= 0.3 is 5.97 Å². The highest BCUT2D eigenvalue weighted by atomic mass is 32.2. The number of aryl methyl sites for hydroxylation is 2. The van der Waals surface area contributed by atoms with Crippen LogP contribution in [0.3, 0.4) is 0 Å². The molecule has 0 atom stereocenters. The molecule has 1 fully saturated rings. The minimum absolute atomic E-state index is 0.0235. The zero-order valence-corrected chi connectivity index (χ0v) is 18.5. The fraction of sp³-hybridized carbons (Fsp3) is 0.286. The Bertz CT molecular complexity index is 1180. The van der Waals surface area contributed by atoms with E-state index in [1.807, 2.05) is 19.9 Å². The fourth-order valence-corrected chi connectivity index (χ4v) is 4.49. The third-order valence-corrected chi connectivity index (χ3v) is 6.43. The fourth-order valence-electron chi connectivity index (χ4n) is 2.84. The number of ether oxygens (including phenoxy) is 1. The van der Waals surface area contributed by atoms with E-state index in [-0.39, 0.29) is 17.6 Å². The van der Waals surface area contributed by atoms with Crippen LogP contribution in [0.4, 0.5) is 5.13 Å². The van der Waals surface area contributed by atoms with Gasteiger partial charge in [-0.3, -0.25) is 9.59 Å². The monoisotopic (exact) mass is 457 g/mol. The maximum Gasteiger partial charge on any atom is 0.343 e. The van der Waals surface area contributed by atoms with Crippen LogP contribution in [-0.4, -0.2) is 22.1 Å². The van der Waals surface area contributed by atoms with Gasteiger partial charge in [0.1, 0.15) is 12.0 Å². The van der Waals surface area contributed by atoms with E-state index in [0.29, 0.717) is 26.5 Å². The van der Waals surface area contributed by atoms with Crippen molar-refractivity contribution in [2.24, 2.45) is 5.92 Å². The molecule has 2 heterocycles. The molecule has 0 spiro atoms. The quantitative estimate of drug-likeness (QED) is 0.322. The minimum atomic E-state index is -0.615. The van der Waals surface area contributed by atoms with Gasteiger partial charge in [0.15, 0.2) is 4.34 Å². The first kappa shape index (κ1) is 21.3. The average Bonchev–Trinajstić information content (AvgIpc) is 3.48. The topological polar surface area (TPSA) is 111 Å². The molecule has 31 heavy (non-hydrogen) atoms. The molecule has 1 N–H and O–H groups in total. The molecule has 1 aliphatic rings. The van der Waals surface area contributed by atoms with Crippen LogP contribution in [0.1, 0.15) is 40.1 Å². The second-order valence-corrected chi connectivity index (χ2v) is 9.47. The van der Waals surface area contributed by atoms with Crippen molar-refractivity contribution in [1.82, 2.24) is 10.2 Å². The lowest BCUT2D eigenvalue weighted by atomic mass is 10.1. The number of amides is 1. The zero-order chi connectivity index (χ0) is 22.0. The molecule has 1 saturated carbocycles. The lowest BCUT2D eigenvalue weighted by molar-refractivity contribution is -0.117. The molecular formula is C21H19N3O5S2. The van der Waals surface area contributed by atoms with Crippen molar-refractivity contribution >= 4 is 40.1 Å².